The number of carbonyl (C=O) groups is 1. The number of benzene rings is 2. The number of nitrogens with zero attached hydrogens (tertiary/aromatic N) is 2. The van der Waals surface area contributed by atoms with E-state index in [1.165, 1.54) is 50.4 Å². The Labute approximate surface area is 176 Å². The van der Waals surface area contributed by atoms with Gasteiger partial charge in [0.05, 0.1) is 12.8 Å². The van der Waals surface area contributed by atoms with Crippen molar-refractivity contribution in [3.63, 3.8) is 0 Å². The van der Waals surface area contributed by atoms with E-state index >= 15 is 0 Å². The van der Waals surface area contributed by atoms with Crippen molar-refractivity contribution >= 4 is 27.7 Å². The maximum atomic E-state index is 14.5. The number of amides is 1. The Bertz CT molecular complexity index is 1110. The van der Waals surface area contributed by atoms with Crippen LogP contribution in [0, 0.1) is 12.7 Å². The number of halogens is 1. The highest BCUT2D eigenvalue weighted by Crippen LogP contribution is 2.32. The van der Waals surface area contributed by atoms with Crippen LogP contribution in [0.4, 0.5) is 10.1 Å². The number of ether oxygens (including phenoxy) is 1. The maximum Gasteiger partial charge on any atom is 0.251 e. The number of anilines is 1. The van der Waals surface area contributed by atoms with Gasteiger partial charge in [-0.1, -0.05) is 12.1 Å². The van der Waals surface area contributed by atoms with E-state index in [4.69, 9.17) is 4.74 Å². The van der Waals surface area contributed by atoms with Crippen molar-refractivity contribution in [3.8, 4) is 5.75 Å². The molecule has 2 aromatic carbocycles. The highest BCUT2D eigenvalue weighted by atomic mass is 32.2. The van der Waals surface area contributed by atoms with E-state index in [0.717, 1.165) is 28.3 Å². The monoisotopic (exact) mass is 432 g/mol. The van der Waals surface area contributed by atoms with Gasteiger partial charge in [0.25, 0.3) is 5.91 Å². The van der Waals surface area contributed by atoms with Gasteiger partial charge in [-0.2, -0.15) is 0 Å². The fourth-order valence-electron chi connectivity index (χ4n) is 3.51. The summed E-state index contributed by atoms with van der Waals surface area (Å²) in [6.45, 7) is 2.26. The fraction of sp³-hybridized carbons (Fsp3) is 0.318. The minimum absolute atomic E-state index is 0.00874. The zero-order valence-corrected chi connectivity index (χ0v) is 18.3. The van der Waals surface area contributed by atoms with Crippen molar-refractivity contribution in [2.24, 2.45) is 0 Å². The van der Waals surface area contributed by atoms with Gasteiger partial charge in [-0.05, 0) is 60.7 Å². The van der Waals surface area contributed by atoms with Gasteiger partial charge < -0.3 is 9.64 Å². The first-order valence-corrected chi connectivity index (χ1v) is 11.0. The molecule has 0 fully saturated rings. The molecule has 2 aromatic rings. The molecule has 0 N–H and O–H groups in total. The van der Waals surface area contributed by atoms with E-state index in [9.17, 15) is 17.6 Å². The third-order valence-corrected chi connectivity index (χ3v) is 6.85. The lowest BCUT2D eigenvalue weighted by molar-refractivity contribution is -0.114. The highest BCUT2D eigenvalue weighted by Gasteiger charge is 2.25. The minimum atomic E-state index is -3.72. The fourth-order valence-corrected chi connectivity index (χ4v) is 4.60. The largest absolute Gasteiger partial charge is 0.495 e. The second-order valence-electron chi connectivity index (χ2n) is 7.38. The number of sulfonamides is 1. The molecule has 0 bridgehead atoms. The number of hydrogen-bond donors (Lipinski definition) is 0. The molecule has 0 aliphatic carbocycles. The van der Waals surface area contributed by atoms with Gasteiger partial charge in [-0.25, -0.2) is 17.1 Å². The van der Waals surface area contributed by atoms with Crippen LogP contribution in [0.2, 0.25) is 0 Å². The summed E-state index contributed by atoms with van der Waals surface area (Å²) < 4.78 is 45.9. The number of aryl methyl sites for hydroxylation is 2. The summed E-state index contributed by atoms with van der Waals surface area (Å²) in [6, 6.07) is 7.98. The molecule has 0 atom stereocenters. The third kappa shape index (κ3) is 4.24. The normalized spacial score (nSPS) is 14.3. The Morgan fingerprint density at radius 1 is 1.23 bits per heavy atom. The van der Waals surface area contributed by atoms with Crippen molar-refractivity contribution in [2.45, 2.75) is 24.7 Å². The molecule has 30 heavy (non-hydrogen) atoms. The summed E-state index contributed by atoms with van der Waals surface area (Å²) in [4.78, 5) is 14.3. The molecule has 0 saturated carbocycles. The smallest absolute Gasteiger partial charge is 0.251 e. The predicted molar refractivity (Wildman–Crippen MR) is 115 cm³/mol. The van der Waals surface area contributed by atoms with Gasteiger partial charge >= 0.3 is 0 Å². The SMILES string of the molecule is COc1ccc(/C=C/C(=O)N2CCCc3cc(C)cc(F)c32)cc1S(=O)(=O)N(C)C. The quantitative estimate of drug-likeness (QED) is 0.680. The summed E-state index contributed by atoms with van der Waals surface area (Å²) >= 11 is 0. The number of hydrogen-bond acceptors (Lipinski definition) is 4. The van der Waals surface area contributed by atoms with Gasteiger partial charge in [-0.3, -0.25) is 4.79 Å². The van der Waals surface area contributed by atoms with Crippen LogP contribution in [0.15, 0.2) is 41.3 Å². The summed E-state index contributed by atoms with van der Waals surface area (Å²) in [7, 11) is 0.545. The van der Waals surface area contributed by atoms with Gasteiger partial charge in [0.1, 0.15) is 16.5 Å². The lowest BCUT2D eigenvalue weighted by Crippen LogP contribution is -2.35. The molecule has 1 heterocycles. The molecule has 0 saturated heterocycles. The van der Waals surface area contributed by atoms with Crippen LogP contribution < -0.4 is 9.64 Å². The lowest BCUT2D eigenvalue weighted by atomic mass is 9.99. The zero-order chi connectivity index (χ0) is 22.1. The first-order valence-electron chi connectivity index (χ1n) is 9.54. The molecule has 0 aromatic heterocycles. The number of carbonyl (C=O) groups excluding carboxylic acids is 1. The molecule has 1 aliphatic heterocycles. The molecule has 0 unspecified atom stereocenters. The molecular formula is C22H25FN2O4S. The van der Waals surface area contributed by atoms with Gasteiger partial charge in [0.2, 0.25) is 10.0 Å². The van der Waals surface area contributed by atoms with Crippen molar-refractivity contribution in [2.75, 3.05) is 32.6 Å². The molecule has 1 amide bonds. The second kappa shape index (κ2) is 8.57. The van der Waals surface area contributed by atoms with Gasteiger partial charge in [-0.15, -0.1) is 0 Å². The van der Waals surface area contributed by atoms with Crippen molar-refractivity contribution in [3.05, 3.63) is 58.9 Å². The zero-order valence-electron chi connectivity index (χ0n) is 17.5. The molecular weight excluding hydrogens is 407 g/mol. The standard InChI is InChI=1S/C22H25FN2O4S/c1-15-12-17-6-5-11-25(22(17)18(23)13-15)21(26)10-8-16-7-9-19(29-4)20(14-16)30(27,28)24(2)3/h7-10,12-14H,5-6,11H2,1-4H3/b10-8+. The Kier molecular flexibility index (Phi) is 6.28. The first kappa shape index (κ1) is 22.0. The maximum absolute atomic E-state index is 14.5. The summed E-state index contributed by atoms with van der Waals surface area (Å²) in [5.41, 5.74) is 2.49. The highest BCUT2D eigenvalue weighted by molar-refractivity contribution is 7.89. The third-order valence-electron chi connectivity index (χ3n) is 5.02. The average Bonchev–Trinajstić information content (AvgIpc) is 2.70. The molecule has 8 heteroatoms. The van der Waals surface area contributed by atoms with Crippen LogP contribution in [0.25, 0.3) is 6.08 Å². The van der Waals surface area contributed by atoms with E-state index in [1.807, 2.05) is 13.0 Å². The molecule has 0 spiro atoms. The first-order chi connectivity index (χ1) is 14.1. The number of methoxy groups -OCH3 is 1. The average molecular weight is 433 g/mol. The number of fused-ring (bicyclic) bond motifs is 1. The van der Waals surface area contributed by atoms with Crippen molar-refractivity contribution < 1.29 is 22.3 Å². The molecule has 6 nitrogen and oxygen atoms in total. The van der Waals surface area contributed by atoms with Crippen molar-refractivity contribution in [1.82, 2.24) is 4.31 Å². The topological polar surface area (TPSA) is 66.9 Å². The molecule has 1 aliphatic rings. The molecule has 160 valence electrons. The van der Waals surface area contributed by atoms with Crippen LogP contribution in [-0.4, -0.2) is 46.4 Å². The summed E-state index contributed by atoms with van der Waals surface area (Å²) in [5, 5.41) is 0. The van der Waals surface area contributed by atoms with Crippen LogP contribution in [0.5, 0.6) is 5.75 Å². The Balaban J connectivity index is 1.92. The van der Waals surface area contributed by atoms with Gasteiger partial charge in [0, 0.05) is 26.7 Å². The summed E-state index contributed by atoms with van der Waals surface area (Å²) in [5.74, 6) is -0.545. The summed E-state index contributed by atoms with van der Waals surface area (Å²) in [6.07, 6.45) is 4.34. The van der Waals surface area contributed by atoms with E-state index in [1.54, 1.807) is 12.1 Å². The van der Waals surface area contributed by atoms with E-state index in [0.29, 0.717) is 17.8 Å². The lowest BCUT2D eigenvalue weighted by Gasteiger charge is -2.29. The van der Waals surface area contributed by atoms with E-state index < -0.39 is 15.8 Å². The van der Waals surface area contributed by atoms with Gasteiger partial charge in [0.15, 0.2) is 0 Å². The van der Waals surface area contributed by atoms with Crippen LogP contribution in [0.1, 0.15) is 23.1 Å². The van der Waals surface area contributed by atoms with E-state index in [2.05, 4.69) is 0 Å². The van der Waals surface area contributed by atoms with Crippen LogP contribution in [-0.2, 0) is 21.2 Å². The van der Waals surface area contributed by atoms with E-state index in [-0.39, 0.29) is 16.6 Å². The molecule has 0 radical (unpaired) electrons. The molecule has 3 rings (SSSR count). The Morgan fingerprint density at radius 2 is 1.97 bits per heavy atom. The number of rotatable bonds is 5. The Hall–Kier alpha value is -2.71. The van der Waals surface area contributed by atoms with Crippen molar-refractivity contribution in [1.29, 1.82) is 0 Å². The second-order valence-corrected chi connectivity index (χ2v) is 9.50. The van der Waals surface area contributed by atoms with Crippen LogP contribution >= 0.6 is 0 Å². The predicted octanol–water partition coefficient (Wildman–Crippen LogP) is 3.39. The Morgan fingerprint density at radius 3 is 2.63 bits per heavy atom. The van der Waals surface area contributed by atoms with Crippen LogP contribution in [0.3, 0.4) is 0 Å². The minimum Gasteiger partial charge on any atom is -0.495 e.